The molecule has 3 N–H and O–H groups in total. The van der Waals surface area contributed by atoms with Crippen LogP contribution in [0.25, 0.3) is 22.2 Å². The molecule has 0 saturated carbocycles. The number of aromatic nitrogens is 2. The molecule has 0 saturated heterocycles. The van der Waals surface area contributed by atoms with Crippen LogP contribution in [0.3, 0.4) is 0 Å². The quantitative estimate of drug-likeness (QED) is 0.779. The van der Waals surface area contributed by atoms with Crippen molar-refractivity contribution in [3.63, 3.8) is 0 Å². The molecule has 22 heavy (non-hydrogen) atoms. The zero-order valence-corrected chi connectivity index (χ0v) is 13.3. The van der Waals surface area contributed by atoms with Gasteiger partial charge in [-0.15, -0.1) is 0 Å². The summed E-state index contributed by atoms with van der Waals surface area (Å²) in [6.07, 6.45) is 0.881. The maximum Gasteiger partial charge on any atom is 0.142 e. The molecule has 0 aliphatic heterocycles. The summed E-state index contributed by atoms with van der Waals surface area (Å²) in [6, 6.07) is 7.98. The lowest BCUT2D eigenvalue weighted by atomic mass is 9.89. The standard InChI is InChI=1S/C17H21N3O2/c1-10-12(9-19-22-10)15-14(16(21)17(2,3)18)11-7-5-6-8-13(11)20(15)4/h5-9,16,21H,18H2,1-4H3. The predicted octanol–water partition coefficient (Wildman–Crippen LogP) is 2.91. The van der Waals surface area contributed by atoms with Crippen LogP contribution < -0.4 is 5.73 Å². The fourth-order valence-corrected chi connectivity index (χ4v) is 2.92. The van der Waals surface area contributed by atoms with E-state index in [0.717, 1.165) is 27.7 Å². The summed E-state index contributed by atoms with van der Waals surface area (Å²) in [4.78, 5) is 0. The molecule has 1 atom stereocenters. The molecular weight excluding hydrogens is 278 g/mol. The zero-order valence-electron chi connectivity index (χ0n) is 13.3. The third-order valence-corrected chi connectivity index (χ3v) is 4.13. The molecule has 0 radical (unpaired) electrons. The van der Waals surface area contributed by atoms with Crippen LogP contribution in [0.4, 0.5) is 0 Å². The van der Waals surface area contributed by atoms with Gasteiger partial charge >= 0.3 is 0 Å². The van der Waals surface area contributed by atoms with Crippen molar-refractivity contribution in [1.82, 2.24) is 9.72 Å². The molecule has 0 aliphatic rings. The van der Waals surface area contributed by atoms with Gasteiger partial charge in [0.05, 0.1) is 23.6 Å². The summed E-state index contributed by atoms with van der Waals surface area (Å²) in [7, 11) is 1.98. The van der Waals surface area contributed by atoms with Crippen molar-refractivity contribution in [3.8, 4) is 11.3 Å². The van der Waals surface area contributed by atoms with E-state index in [1.54, 1.807) is 6.20 Å². The highest BCUT2D eigenvalue weighted by molar-refractivity contribution is 5.92. The summed E-state index contributed by atoms with van der Waals surface area (Å²) >= 11 is 0. The smallest absolute Gasteiger partial charge is 0.142 e. The van der Waals surface area contributed by atoms with Gasteiger partial charge in [-0.25, -0.2) is 0 Å². The number of aliphatic hydroxyl groups is 1. The number of hydrogen-bond donors (Lipinski definition) is 2. The molecule has 1 aromatic carbocycles. The van der Waals surface area contributed by atoms with Crippen molar-refractivity contribution in [2.75, 3.05) is 0 Å². The van der Waals surface area contributed by atoms with Crippen molar-refractivity contribution >= 4 is 10.9 Å². The number of aryl methyl sites for hydroxylation is 2. The number of rotatable bonds is 3. The molecule has 0 spiro atoms. The van der Waals surface area contributed by atoms with Gasteiger partial charge in [0.1, 0.15) is 5.76 Å². The van der Waals surface area contributed by atoms with Crippen LogP contribution >= 0.6 is 0 Å². The average molecular weight is 299 g/mol. The van der Waals surface area contributed by atoms with Gasteiger partial charge < -0.3 is 19.9 Å². The number of nitrogens with zero attached hydrogens (tertiary/aromatic N) is 2. The summed E-state index contributed by atoms with van der Waals surface area (Å²) in [5.74, 6) is 0.717. The van der Waals surface area contributed by atoms with Gasteiger partial charge in [0.15, 0.2) is 0 Å². The van der Waals surface area contributed by atoms with Crippen molar-refractivity contribution in [3.05, 3.63) is 41.8 Å². The van der Waals surface area contributed by atoms with Gasteiger partial charge in [-0.1, -0.05) is 23.4 Å². The van der Waals surface area contributed by atoms with Crippen molar-refractivity contribution in [2.24, 2.45) is 12.8 Å². The Hall–Kier alpha value is -2.11. The summed E-state index contributed by atoms with van der Waals surface area (Å²) in [6.45, 7) is 5.51. The molecule has 2 heterocycles. The van der Waals surface area contributed by atoms with Gasteiger partial charge in [0.2, 0.25) is 0 Å². The maximum atomic E-state index is 10.8. The van der Waals surface area contributed by atoms with Gasteiger partial charge in [-0.2, -0.15) is 0 Å². The van der Waals surface area contributed by atoms with Gasteiger partial charge in [-0.05, 0) is 26.8 Å². The lowest BCUT2D eigenvalue weighted by molar-refractivity contribution is 0.106. The predicted molar refractivity (Wildman–Crippen MR) is 86.4 cm³/mol. The number of para-hydroxylation sites is 1. The molecule has 5 heteroatoms. The topological polar surface area (TPSA) is 77.2 Å². The first-order valence-electron chi connectivity index (χ1n) is 7.28. The third kappa shape index (κ3) is 2.14. The Kier molecular flexibility index (Phi) is 3.34. The molecule has 3 rings (SSSR count). The van der Waals surface area contributed by atoms with Crippen LogP contribution in [0.5, 0.6) is 0 Å². The van der Waals surface area contributed by atoms with Crippen LogP contribution in [0.15, 0.2) is 35.0 Å². The molecule has 116 valence electrons. The average Bonchev–Trinajstić information content (AvgIpc) is 2.99. The first-order chi connectivity index (χ1) is 10.3. The molecule has 1 unspecified atom stereocenters. The minimum absolute atomic E-state index is 0.717. The van der Waals surface area contributed by atoms with E-state index in [4.69, 9.17) is 10.3 Å². The molecular formula is C17H21N3O2. The minimum Gasteiger partial charge on any atom is -0.386 e. The van der Waals surface area contributed by atoms with E-state index in [-0.39, 0.29) is 0 Å². The monoisotopic (exact) mass is 299 g/mol. The Balaban J connectivity index is 2.40. The molecule has 3 aromatic rings. The van der Waals surface area contributed by atoms with E-state index in [2.05, 4.69) is 9.72 Å². The fourth-order valence-electron chi connectivity index (χ4n) is 2.92. The lowest BCUT2D eigenvalue weighted by Crippen LogP contribution is -2.39. The van der Waals surface area contributed by atoms with Crippen LogP contribution in [-0.4, -0.2) is 20.4 Å². The normalized spacial score (nSPS) is 13.7. The van der Waals surface area contributed by atoms with E-state index < -0.39 is 11.6 Å². The highest BCUT2D eigenvalue weighted by atomic mass is 16.5. The highest BCUT2D eigenvalue weighted by Gasteiger charge is 2.32. The number of nitrogens with two attached hydrogens (primary N) is 1. The largest absolute Gasteiger partial charge is 0.386 e. The number of hydrogen-bond acceptors (Lipinski definition) is 4. The highest BCUT2D eigenvalue weighted by Crippen LogP contribution is 2.40. The van der Waals surface area contributed by atoms with E-state index in [9.17, 15) is 5.11 Å². The number of benzene rings is 1. The second-order valence-corrected chi connectivity index (χ2v) is 6.36. The number of aliphatic hydroxyl groups excluding tert-OH is 1. The Morgan fingerprint density at radius 2 is 2.00 bits per heavy atom. The first kappa shape index (κ1) is 14.8. The van der Waals surface area contributed by atoms with E-state index in [1.165, 1.54) is 0 Å². The van der Waals surface area contributed by atoms with E-state index >= 15 is 0 Å². The van der Waals surface area contributed by atoms with Crippen LogP contribution in [0.2, 0.25) is 0 Å². The minimum atomic E-state index is -0.803. The third-order valence-electron chi connectivity index (χ3n) is 4.13. The summed E-state index contributed by atoms with van der Waals surface area (Å²) < 4.78 is 7.27. The number of fused-ring (bicyclic) bond motifs is 1. The molecule has 5 nitrogen and oxygen atoms in total. The van der Waals surface area contributed by atoms with Gasteiger partial charge in [-0.3, -0.25) is 0 Å². The molecule has 0 bridgehead atoms. The van der Waals surface area contributed by atoms with Crippen molar-refractivity contribution in [1.29, 1.82) is 0 Å². The second kappa shape index (κ2) is 4.97. The lowest BCUT2D eigenvalue weighted by Gasteiger charge is -2.27. The van der Waals surface area contributed by atoms with Crippen molar-refractivity contribution in [2.45, 2.75) is 32.4 Å². The Morgan fingerprint density at radius 3 is 2.59 bits per heavy atom. The Labute approximate surface area is 129 Å². The SMILES string of the molecule is Cc1oncc1-c1c(C(O)C(C)(C)N)c2ccccc2n1C. The van der Waals surface area contributed by atoms with E-state index in [0.29, 0.717) is 5.76 Å². The summed E-state index contributed by atoms with van der Waals surface area (Å²) in [5.41, 5.74) is 9.03. The molecule has 0 fully saturated rings. The van der Waals surface area contributed by atoms with E-state index in [1.807, 2.05) is 52.1 Å². The molecule has 2 aromatic heterocycles. The molecule has 0 aliphatic carbocycles. The van der Waals surface area contributed by atoms with Gasteiger partial charge in [0, 0.05) is 29.1 Å². The Morgan fingerprint density at radius 1 is 1.32 bits per heavy atom. The first-order valence-corrected chi connectivity index (χ1v) is 7.28. The maximum absolute atomic E-state index is 10.8. The Bertz CT molecular complexity index is 824. The van der Waals surface area contributed by atoms with Crippen molar-refractivity contribution < 1.29 is 9.63 Å². The van der Waals surface area contributed by atoms with Gasteiger partial charge in [0.25, 0.3) is 0 Å². The zero-order chi connectivity index (χ0) is 16.1. The van der Waals surface area contributed by atoms with Crippen LogP contribution in [0.1, 0.15) is 31.3 Å². The fraction of sp³-hybridized carbons (Fsp3) is 0.353. The molecule has 0 amide bonds. The van der Waals surface area contributed by atoms with Crippen LogP contribution in [-0.2, 0) is 7.05 Å². The van der Waals surface area contributed by atoms with Crippen LogP contribution in [0, 0.1) is 6.92 Å². The summed E-state index contributed by atoms with van der Waals surface area (Å²) in [5, 5.41) is 15.7. The second-order valence-electron chi connectivity index (χ2n) is 6.36.